The normalized spacial score (nSPS) is 24.6. The summed E-state index contributed by atoms with van der Waals surface area (Å²) in [5, 5.41) is 3.41. The topological polar surface area (TPSA) is 12.0 Å². The van der Waals surface area contributed by atoms with Crippen LogP contribution in [-0.4, -0.2) is 12.6 Å². The Morgan fingerprint density at radius 2 is 2.00 bits per heavy atom. The van der Waals surface area contributed by atoms with E-state index in [1.165, 1.54) is 25.0 Å². The first kappa shape index (κ1) is 13.2. The van der Waals surface area contributed by atoms with Crippen LogP contribution in [0.4, 0.5) is 8.78 Å². The van der Waals surface area contributed by atoms with Gasteiger partial charge in [-0.05, 0) is 43.0 Å². The van der Waals surface area contributed by atoms with Crippen LogP contribution in [0, 0.1) is 17.6 Å². The fourth-order valence-electron chi connectivity index (χ4n) is 2.45. The number of nitrogens with one attached hydrogen (secondary N) is 1. The van der Waals surface area contributed by atoms with E-state index in [0.717, 1.165) is 24.9 Å². The molecule has 2 atom stereocenters. The van der Waals surface area contributed by atoms with Crippen LogP contribution in [0.1, 0.15) is 31.7 Å². The Labute approximate surface area is 107 Å². The first-order chi connectivity index (χ1) is 8.67. The Kier molecular flexibility index (Phi) is 4.48. The van der Waals surface area contributed by atoms with E-state index in [4.69, 9.17) is 0 Å². The molecule has 98 valence electrons. The van der Waals surface area contributed by atoms with E-state index >= 15 is 0 Å². The molecule has 1 saturated heterocycles. The maximum atomic E-state index is 13.0. The summed E-state index contributed by atoms with van der Waals surface area (Å²) in [6.45, 7) is 3.23. The van der Waals surface area contributed by atoms with Gasteiger partial charge in [-0.3, -0.25) is 0 Å². The molecule has 2 unspecified atom stereocenters. The Morgan fingerprint density at radius 3 is 2.67 bits per heavy atom. The van der Waals surface area contributed by atoms with Gasteiger partial charge in [0.25, 0.3) is 0 Å². The molecular formula is C15H19F2N. The molecule has 0 saturated carbocycles. The molecule has 0 radical (unpaired) electrons. The van der Waals surface area contributed by atoms with Crippen molar-refractivity contribution in [3.05, 3.63) is 41.5 Å². The van der Waals surface area contributed by atoms with Gasteiger partial charge in [0, 0.05) is 12.1 Å². The first-order valence-corrected chi connectivity index (χ1v) is 6.55. The lowest BCUT2D eigenvalue weighted by Crippen LogP contribution is -2.36. The van der Waals surface area contributed by atoms with E-state index in [1.807, 2.05) is 6.08 Å². The summed E-state index contributed by atoms with van der Waals surface area (Å²) < 4.78 is 26.0. The number of benzene rings is 1. The van der Waals surface area contributed by atoms with Crippen molar-refractivity contribution in [1.82, 2.24) is 5.32 Å². The van der Waals surface area contributed by atoms with Crippen LogP contribution in [0.15, 0.2) is 24.3 Å². The van der Waals surface area contributed by atoms with Gasteiger partial charge in [-0.1, -0.05) is 25.5 Å². The van der Waals surface area contributed by atoms with Crippen LogP contribution in [-0.2, 0) is 0 Å². The molecule has 0 aliphatic carbocycles. The minimum absolute atomic E-state index is 0.315. The van der Waals surface area contributed by atoms with Crippen molar-refractivity contribution in [2.45, 2.75) is 32.2 Å². The molecular weight excluding hydrogens is 232 g/mol. The zero-order valence-electron chi connectivity index (χ0n) is 10.6. The molecule has 18 heavy (non-hydrogen) atoms. The highest BCUT2D eigenvalue weighted by atomic mass is 19.1. The van der Waals surface area contributed by atoms with Crippen molar-refractivity contribution in [2.24, 2.45) is 5.92 Å². The molecule has 1 heterocycles. The molecule has 3 heteroatoms. The Bertz CT molecular complexity index is 408. The van der Waals surface area contributed by atoms with Crippen LogP contribution >= 0.6 is 0 Å². The van der Waals surface area contributed by atoms with Crippen LogP contribution in [0.5, 0.6) is 0 Å². The standard InChI is InChI=1S/C15H19F2N/c1-2-11-5-6-18-15(9-11)4-3-12-7-13(16)10-14(17)8-12/h3-4,7-8,10-11,15,18H,2,5-6,9H2,1H3/b4-3+. The minimum atomic E-state index is -0.530. The Morgan fingerprint density at radius 1 is 1.28 bits per heavy atom. The number of piperidine rings is 1. The maximum Gasteiger partial charge on any atom is 0.126 e. The van der Waals surface area contributed by atoms with Crippen molar-refractivity contribution >= 4 is 6.08 Å². The van der Waals surface area contributed by atoms with E-state index in [-0.39, 0.29) is 0 Å². The van der Waals surface area contributed by atoms with Gasteiger partial charge >= 0.3 is 0 Å². The summed E-state index contributed by atoms with van der Waals surface area (Å²) in [5.41, 5.74) is 0.577. The molecule has 1 aromatic rings. The monoisotopic (exact) mass is 251 g/mol. The maximum absolute atomic E-state index is 13.0. The quantitative estimate of drug-likeness (QED) is 0.862. The summed E-state index contributed by atoms with van der Waals surface area (Å²) in [6.07, 6.45) is 7.32. The lowest BCUT2D eigenvalue weighted by Gasteiger charge is -2.27. The zero-order chi connectivity index (χ0) is 13.0. The molecule has 0 bridgehead atoms. The summed E-state index contributed by atoms with van der Waals surface area (Å²) >= 11 is 0. The largest absolute Gasteiger partial charge is 0.310 e. The van der Waals surface area contributed by atoms with Crippen molar-refractivity contribution in [1.29, 1.82) is 0 Å². The van der Waals surface area contributed by atoms with Crippen molar-refractivity contribution in [3.8, 4) is 0 Å². The highest BCUT2D eigenvalue weighted by Gasteiger charge is 2.17. The molecule has 1 N–H and O–H groups in total. The number of rotatable bonds is 3. The Hall–Kier alpha value is -1.22. The summed E-state index contributed by atoms with van der Waals surface area (Å²) in [5.74, 6) is -0.305. The van der Waals surface area contributed by atoms with E-state index in [2.05, 4.69) is 12.2 Å². The predicted molar refractivity (Wildman–Crippen MR) is 70.2 cm³/mol. The summed E-state index contributed by atoms with van der Waals surface area (Å²) in [6, 6.07) is 3.90. The van der Waals surface area contributed by atoms with Gasteiger partial charge in [-0.2, -0.15) is 0 Å². The zero-order valence-corrected chi connectivity index (χ0v) is 10.6. The fourth-order valence-corrected chi connectivity index (χ4v) is 2.45. The summed E-state index contributed by atoms with van der Waals surface area (Å²) in [4.78, 5) is 0. The number of hydrogen-bond donors (Lipinski definition) is 1. The van der Waals surface area contributed by atoms with Gasteiger partial charge in [0.2, 0.25) is 0 Å². The Balaban J connectivity index is 2.01. The highest BCUT2D eigenvalue weighted by molar-refractivity contribution is 5.50. The van der Waals surface area contributed by atoms with Crippen LogP contribution in [0.2, 0.25) is 0 Å². The third kappa shape index (κ3) is 3.64. The van der Waals surface area contributed by atoms with Gasteiger partial charge in [0.05, 0.1) is 0 Å². The van der Waals surface area contributed by atoms with Crippen molar-refractivity contribution in [3.63, 3.8) is 0 Å². The van der Waals surface area contributed by atoms with E-state index in [9.17, 15) is 8.78 Å². The summed E-state index contributed by atoms with van der Waals surface area (Å²) in [7, 11) is 0. The van der Waals surface area contributed by atoms with Crippen molar-refractivity contribution < 1.29 is 8.78 Å². The minimum Gasteiger partial charge on any atom is -0.310 e. The number of hydrogen-bond acceptors (Lipinski definition) is 1. The molecule has 0 amide bonds. The second kappa shape index (κ2) is 6.10. The van der Waals surface area contributed by atoms with Gasteiger partial charge in [0.15, 0.2) is 0 Å². The molecule has 1 fully saturated rings. The highest BCUT2D eigenvalue weighted by Crippen LogP contribution is 2.20. The average Bonchev–Trinajstić information content (AvgIpc) is 2.35. The average molecular weight is 251 g/mol. The smallest absolute Gasteiger partial charge is 0.126 e. The molecule has 2 rings (SSSR count). The molecule has 1 aromatic carbocycles. The van der Waals surface area contributed by atoms with Gasteiger partial charge in [0.1, 0.15) is 11.6 Å². The third-order valence-electron chi connectivity index (χ3n) is 3.53. The molecule has 0 aromatic heterocycles. The van der Waals surface area contributed by atoms with Crippen molar-refractivity contribution in [2.75, 3.05) is 6.54 Å². The lowest BCUT2D eigenvalue weighted by molar-refractivity contribution is 0.326. The van der Waals surface area contributed by atoms with Gasteiger partial charge in [-0.15, -0.1) is 0 Å². The second-order valence-electron chi connectivity index (χ2n) is 4.92. The first-order valence-electron chi connectivity index (χ1n) is 6.55. The van der Waals surface area contributed by atoms with Crippen LogP contribution < -0.4 is 5.32 Å². The molecule has 1 nitrogen and oxygen atoms in total. The van der Waals surface area contributed by atoms with Crippen LogP contribution in [0.25, 0.3) is 6.08 Å². The fraction of sp³-hybridized carbons (Fsp3) is 0.467. The third-order valence-corrected chi connectivity index (χ3v) is 3.53. The van der Waals surface area contributed by atoms with Crippen LogP contribution in [0.3, 0.4) is 0 Å². The molecule has 1 aliphatic rings. The van der Waals surface area contributed by atoms with E-state index in [0.29, 0.717) is 11.6 Å². The second-order valence-corrected chi connectivity index (χ2v) is 4.92. The predicted octanol–water partition coefficient (Wildman–Crippen LogP) is 3.76. The van der Waals surface area contributed by atoms with Gasteiger partial charge < -0.3 is 5.32 Å². The van der Waals surface area contributed by atoms with Gasteiger partial charge in [-0.25, -0.2) is 8.78 Å². The van der Waals surface area contributed by atoms with E-state index in [1.54, 1.807) is 6.08 Å². The lowest BCUT2D eigenvalue weighted by atomic mass is 9.90. The molecule has 0 spiro atoms. The number of halogens is 2. The van der Waals surface area contributed by atoms with E-state index < -0.39 is 11.6 Å². The SMILES string of the molecule is CCC1CCNC(/C=C/c2cc(F)cc(F)c2)C1. The molecule has 1 aliphatic heterocycles.